The minimum Gasteiger partial charge on any atom is -0.396 e. The van der Waals surface area contributed by atoms with E-state index in [2.05, 4.69) is 26.1 Å². The molecule has 3 N–H and O–H groups in total. The Bertz CT molecular complexity index is 307. The van der Waals surface area contributed by atoms with Crippen molar-refractivity contribution < 1.29 is 10.2 Å². The van der Waals surface area contributed by atoms with Gasteiger partial charge in [0.05, 0.1) is 13.2 Å². The summed E-state index contributed by atoms with van der Waals surface area (Å²) in [5, 5.41) is 22.4. The molecule has 2 fully saturated rings. The maximum atomic E-state index is 9.39. The van der Waals surface area contributed by atoms with Crippen LogP contribution in [0.3, 0.4) is 0 Å². The van der Waals surface area contributed by atoms with Crippen LogP contribution in [-0.4, -0.2) is 36.0 Å². The molecule has 0 amide bonds. The molecule has 0 aliphatic heterocycles. The molecular weight excluding hydrogens is 226 g/mol. The highest BCUT2D eigenvalue weighted by molar-refractivity contribution is 5.12. The molecule has 0 saturated heterocycles. The molecule has 0 heterocycles. The zero-order valence-electron chi connectivity index (χ0n) is 12.3. The van der Waals surface area contributed by atoms with Crippen LogP contribution in [0.15, 0.2) is 0 Å². The first-order valence-electron chi connectivity index (χ1n) is 7.22. The summed E-state index contributed by atoms with van der Waals surface area (Å²) in [5.74, 6) is 0.828. The summed E-state index contributed by atoms with van der Waals surface area (Å²) in [6.07, 6.45) is 4.00. The Morgan fingerprint density at radius 3 is 2.28 bits per heavy atom. The van der Waals surface area contributed by atoms with Gasteiger partial charge in [0.1, 0.15) is 0 Å². The number of hydrogen-bond acceptors (Lipinski definition) is 3. The first-order chi connectivity index (χ1) is 8.27. The highest BCUT2D eigenvalue weighted by Gasteiger charge is 2.59. The topological polar surface area (TPSA) is 52.5 Å². The van der Waals surface area contributed by atoms with Crippen molar-refractivity contribution in [1.29, 1.82) is 0 Å². The number of nitrogens with one attached hydrogen (secondary N) is 1. The second-order valence-corrected chi connectivity index (χ2v) is 7.86. The third-order valence-electron chi connectivity index (χ3n) is 5.77. The molecule has 0 aromatic heterocycles. The summed E-state index contributed by atoms with van der Waals surface area (Å²) in [6.45, 7) is 9.82. The average Bonchev–Trinajstić information content (AvgIpc) is 2.79. The van der Waals surface area contributed by atoms with Crippen molar-refractivity contribution in [1.82, 2.24) is 5.32 Å². The Hall–Kier alpha value is -0.120. The highest BCUT2D eigenvalue weighted by Crippen LogP contribution is 2.62. The molecule has 0 radical (unpaired) electrons. The third kappa shape index (κ3) is 2.10. The van der Waals surface area contributed by atoms with Gasteiger partial charge in [-0.2, -0.15) is 0 Å². The van der Waals surface area contributed by atoms with Crippen molar-refractivity contribution in [2.75, 3.05) is 19.8 Å². The van der Waals surface area contributed by atoms with Gasteiger partial charge in [0.2, 0.25) is 0 Å². The number of fused-ring (bicyclic) bond motifs is 2. The number of hydrogen-bond donors (Lipinski definition) is 3. The van der Waals surface area contributed by atoms with Gasteiger partial charge in [0, 0.05) is 18.0 Å². The summed E-state index contributed by atoms with van der Waals surface area (Å²) >= 11 is 0. The van der Waals surface area contributed by atoms with E-state index < -0.39 is 5.41 Å². The predicted molar refractivity (Wildman–Crippen MR) is 73.3 cm³/mol. The van der Waals surface area contributed by atoms with Crippen LogP contribution >= 0.6 is 0 Å². The molecule has 0 spiro atoms. The molecule has 3 unspecified atom stereocenters. The van der Waals surface area contributed by atoms with Gasteiger partial charge in [-0.25, -0.2) is 0 Å². The summed E-state index contributed by atoms with van der Waals surface area (Å²) in [6, 6.07) is 0.501. The van der Waals surface area contributed by atoms with Crippen LogP contribution in [0, 0.1) is 22.2 Å². The fourth-order valence-corrected chi connectivity index (χ4v) is 4.32. The van der Waals surface area contributed by atoms with Crippen LogP contribution in [0.4, 0.5) is 0 Å². The van der Waals surface area contributed by atoms with Crippen LogP contribution in [0.1, 0.15) is 47.0 Å². The van der Waals surface area contributed by atoms with Gasteiger partial charge in [-0.15, -0.1) is 0 Å². The molecule has 2 saturated carbocycles. The van der Waals surface area contributed by atoms with Gasteiger partial charge >= 0.3 is 0 Å². The predicted octanol–water partition coefficient (Wildman–Crippen LogP) is 1.78. The molecule has 3 nitrogen and oxygen atoms in total. The lowest BCUT2D eigenvalue weighted by Gasteiger charge is -2.44. The SMILES string of the molecule is CC(CO)(CO)CNC1C2(C)CCC(C2)C1(C)C. The molecular formula is C15H29NO2. The maximum Gasteiger partial charge on any atom is 0.0518 e. The summed E-state index contributed by atoms with van der Waals surface area (Å²) in [5.41, 5.74) is 0.326. The molecule has 2 aliphatic carbocycles. The van der Waals surface area contributed by atoms with E-state index in [0.29, 0.717) is 23.4 Å². The monoisotopic (exact) mass is 255 g/mol. The molecule has 3 heteroatoms. The lowest BCUT2D eigenvalue weighted by atomic mass is 9.68. The Balaban J connectivity index is 2.05. The van der Waals surface area contributed by atoms with Crippen molar-refractivity contribution in [3.05, 3.63) is 0 Å². The van der Waals surface area contributed by atoms with Gasteiger partial charge in [0.15, 0.2) is 0 Å². The van der Waals surface area contributed by atoms with Crippen LogP contribution in [-0.2, 0) is 0 Å². The van der Waals surface area contributed by atoms with E-state index in [9.17, 15) is 10.2 Å². The third-order valence-corrected chi connectivity index (χ3v) is 5.77. The summed E-state index contributed by atoms with van der Waals surface area (Å²) < 4.78 is 0. The largest absolute Gasteiger partial charge is 0.396 e. The van der Waals surface area contributed by atoms with Gasteiger partial charge in [0.25, 0.3) is 0 Å². The minimum atomic E-state index is -0.408. The molecule has 2 bridgehead atoms. The quantitative estimate of drug-likeness (QED) is 0.702. The number of aliphatic hydroxyl groups excluding tert-OH is 2. The second kappa shape index (κ2) is 4.46. The Kier molecular flexibility index (Phi) is 3.54. The highest BCUT2D eigenvalue weighted by atomic mass is 16.3. The summed E-state index contributed by atoms with van der Waals surface area (Å²) in [4.78, 5) is 0. The zero-order chi connectivity index (χ0) is 13.6. The van der Waals surface area contributed by atoms with E-state index in [1.165, 1.54) is 19.3 Å². The normalized spacial score (nSPS) is 38.3. The van der Waals surface area contributed by atoms with E-state index in [4.69, 9.17) is 0 Å². The van der Waals surface area contributed by atoms with Crippen LogP contribution in [0.25, 0.3) is 0 Å². The van der Waals surface area contributed by atoms with Crippen LogP contribution in [0.2, 0.25) is 0 Å². The van der Waals surface area contributed by atoms with Crippen molar-refractivity contribution in [3.8, 4) is 0 Å². The fourth-order valence-electron chi connectivity index (χ4n) is 4.32. The van der Waals surface area contributed by atoms with E-state index in [-0.39, 0.29) is 13.2 Å². The minimum absolute atomic E-state index is 0.0315. The van der Waals surface area contributed by atoms with Crippen molar-refractivity contribution in [2.24, 2.45) is 22.2 Å². The second-order valence-electron chi connectivity index (χ2n) is 7.86. The first kappa shape index (κ1) is 14.3. The first-order valence-corrected chi connectivity index (χ1v) is 7.22. The van der Waals surface area contributed by atoms with E-state index in [1.54, 1.807) is 0 Å². The van der Waals surface area contributed by atoms with Crippen molar-refractivity contribution in [3.63, 3.8) is 0 Å². The van der Waals surface area contributed by atoms with Crippen molar-refractivity contribution >= 4 is 0 Å². The molecule has 3 atom stereocenters. The standard InChI is InChI=1S/C15H29NO2/c1-13(2)11-5-6-15(4,7-11)12(13)16-8-14(3,9-17)10-18/h11-12,16-18H,5-10H2,1-4H3. The Morgan fingerprint density at radius 1 is 1.22 bits per heavy atom. The van der Waals surface area contributed by atoms with Gasteiger partial charge < -0.3 is 15.5 Å². The Labute approximate surface area is 111 Å². The lowest BCUT2D eigenvalue weighted by Crippen LogP contribution is -2.53. The molecule has 2 rings (SSSR count). The smallest absolute Gasteiger partial charge is 0.0518 e. The van der Waals surface area contributed by atoms with Gasteiger partial charge in [-0.05, 0) is 36.0 Å². The number of aliphatic hydroxyl groups is 2. The average molecular weight is 255 g/mol. The van der Waals surface area contributed by atoms with Crippen LogP contribution in [0.5, 0.6) is 0 Å². The molecule has 0 aromatic rings. The molecule has 0 aromatic carbocycles. The van der Waals surface area contributed by atoms with Crippen molar-refractivity contribution in [2.45, 2.75) is 53.0 Å². The molecule has 106 valence electrons. The maximum absolute atomic E-state index is 9.39. The number of rotatable bonds is 5. The lowest BCUT2D eigenvalue weighted by molar-refractivity contribution is 0.0449. The Morgan fingerprint density at radius 2 is 1.83 bits per heavy atom. The molecule has 2 aliphatic rings. The summed E-state index contributed by atoms with van der Waals surface area (Å²) in [7, 11) is 0. The zero-order valence-corrected chi connectivity index (χ0v) is 12.3. The van der Waals surface area contributed by atoms with Gasteiger partial charge in [-0.3, -0.25) is 0 Å². The van der Waals surface area contributed by atoms with E-state index in [0.717, 1.165) is 5.92 Å². The van der Waals surface area contributed by atoms with E-state index in [1.807, 2.05) is 6.92 Å². The van der Waals surface area contributed by atoms with Crippen LogP contribution < -0.4 is 5.32 Å². The fraction of sp³-hybridized carbons (Fsp3) is 1.00. The van der Waals surface area contributed by atoms with Gasteiger partial charge in [-0.1, -0.05) is 27.7 Å². The van der Waals surface area contributed by atoms with E-state index >= 15 is 0 Å². The molecule has 18 heavy (non-hydrogen) atoms.